The molecule has 2 aromatic rings. The molecule has 4 heteroatoms. The monoisotopic (exact) mass is 198 g/mol. The third-order valence-electron chi connectivity index (χ3n) is 2.17. The van der Waals surface area contributed by atoms with E-state index in [2.05, 4.69) is 16.9 Å². The number of rotatable bonds is 2. The molecule has 15 heavy (non-hydrogen) atoms. The van der Waals surface area contributed by atoms with Crippen LogP contribution in [0.25, 0.3) is 5.69 Å². The van der Waals surface area contributed by atoms with Crippen LogP contribution in [0.5, 0.6) is 0 Å². The normalized spacial score (nSPS) is 9.87. The van der Waals surface area contributed by atoms with Crippen molar-refractivity contribution in [1.29, 1.82) is 5.26 Å². The molecular formula is C11H10N4. The molecule has 2 aromatic heterocycles. The zero-order valence-corrected chi connectivity index (χ0v) is 8.38. The lowest BCUT2D eigenvalue weighted by Gasteiger charge is -2.04. The van der Waals surface area contributed by atoms with Crippen molar-refractivity contribution in [2.45, 2.75) is 13.3 Å². The largest absolute Gasteiger partial charge is 0.302 e. The van der Waals surface area contributed by atoms with E-state index in [0.29, 0.717) is 5.69 Å². The van der Waals surface area contributed by atoms with E-state index in [1.165, 1.54) is 0 Å². The summed E-state index contributed by atoms with van der Waals surface area (Å²) in [6, 6.07) is 5.56. The van der Waals surface area contributed by atoms with Crippen LogP contribution < -0.4 is 0 Å². The first kappa shape index (κ1) is 9.41. The van der Waals surface area contributed by atoms with Crippen molar-refractivity contribution < 1.29 is 0 Å². The Hall–Kier alpha value is -2.15. The van der Waals surface area contributed by atoms with Crippen LogP contribution in [-0.4, -0.2) is 14.5 Å². The number of aromatic nitrogens is 3. The molecule has 74 valence electrons. The molecular weight excluding hydrogens is 188 g/mol. The zero-order chi connectivity index (χ0) is 10.7. The van der Waals surface area contributed by atoms with E-state index in [0.717, 1.165) is 17.9 Å². The van der Waals surface area contributed by atoms with Crippen LogP contribution in [0.3, 0.4) is 0 Å². The lowest BCUT2D eigenvalue weighted by Crippen LogP contribution is -1.99. The molecule has 0 spiro atoms. The summed E-state index contributed by atoms with van der Waals surface area (Å²) in [6.07, 6.45) is 6.20. The summed E-state index contributed by atoms with van der Waals surface area (Å²) >= 11 is 0. The van der Waals surface area contributed by atoms with Gasteiger partial charge in [0.1, 0.15) is 17.6 Å². The van der Waals surface area contributed by atoms with E-state index >= 15 is 0 Å². The average Bonchev–Trinajstić information content (AvgIpc) is 2.77. The smallest absolute Gasteiger partial charge is 0.140 e. The van der Waals surface area contributed by atoms with Crippen molar-refractivity contribution in [2.24, 2.45) is 0 Å². The maximum atomic E-state index is 8.63. The highest BCUT2D eigenvalue weighted by Crippen LogP contribution is 2.10. The van der Waals surface area contributed by atoms with Crippen LogP contribution in [0, 0.1) is 11.3 Å². The topological polar surface area (TPSA) is 54.5 Å². The molecule has 0 aromatic carbocycles. The molecule has 2 heterocycles. The second-order valence-corrected chi connectivity index (χ2v) is 3.08. The summed E-state index contributed by atoms with van der Waals surface area (Å²) in [7, 11) is 0. The number of hydrogen-bond donors (Lipinski definition) is 0. The molecule has 4 nitrogen and oxygen atoms in total. The number of nitriles is 1. The van der Waals surface area contributed by atoms with Crippen LogP contribution >= 0.6 is 0 Å². The Bertz CT molecular complexity index is 490. The summed E-state index contributed by atoms with van der Waals surface area (Å²) in [5.41, 5.74) is 1.36. The lowest BCUT2D eigenvalue weighted by atomic mass is 10.3. The Morgan fingerprint density at radius 3 is 2.87 bits per heavy atom. The van der Waals surface area contributed by atoms with E-state index in [9.17, 15) is 0 Å². The molecule has 0 fully saturated rings. The third kappa shape index (κ3) is 1.72. The molecule has 0 aliphatic heterocycles. The van der Waals surface area contributed by atoms with E-state index in [1.807, 2.05) is 22.9 Å². The highest BCUT2D eigenvalue weighted by molar-refractivity contribution is 5.34. The van der Waals surface area contributed by atoms with Crippen LogP contribution in [0.2, 0.25) is 0 Å². The molecule has 0 saturated carbocycles. The third-order valence-corrected chi connectivity index (χ3v) is 2.17. The fraction of sp³-hybridized carbons (Fsp3) is 0.182. The van der Waals surface area contributed by atoms with Gasteiger partial charge in [-0.3, -0.25) is 0 Å². The minimum absolute atomic E-state index is 0.428. The van der Waals surface area contributed by atoms with Gasteiger partial charge in [0.05, 0.1) is 11.9 Å². The summed E-state index contributed by atoms with van der Waals surface area (Å²) in [5.74, 6) is 0.988. The van der Waals surface area contributed by atoms with Crippen molar-refractivity contribution >= 4 is 0 Å². The second-order valence-electron chi connectivity index (χ2n) is 3.08. The van der Waals surface area contributed by atoms with E-state index in [1.54, 1.807) is 18.5 Å². The Morgan fingerprint density at radius 2 is 2.27 bits per heavy atom. The van der Waals surface area contributed by atoms with E-state index < -0.39 is 0 Å². The Morgan fingerprint density at radius 1 is 1.40 bits per heavy atom. The minimum Gasteiger partial charge on any atom is -0.302 e. The summed E-state index contributed by atoms with van der Waals surface area (Å²) in [6.45, 7) is 2.05. The first-order valence-electron chi connectivity index (χ1n) is 4.74. The summed E-state index contributed by atoms with van der Waals surface area (Å²) < 4.78 is 1.97. The van der Waals surface area contributed by atoms with E-state index in [4.69, 9.17) is 5.26 Å². The van der Waals surface area contributed by atoms with Crippen LogP contribution in [-0.2, 0) is 6.42 Å². The second kappa shape index (κ2) is 3.93. The van der Waals surface area contributed by atoms with Gasteiger partial charge in [0.2, 0.25) is 0 Å². The van der Waals surface area contributed by atoms with E-state index in [-0.39, 0.29) is 0 Å². The van der Waals surface area contributed by atoms with Crippen LogP contribution in [0.15, 0.2) is 30.7 Å². The first-order valence-corrected chi connectivity index (χ1v) is 4.74. The minimum atomic E-state index is 0.428. The number of nitrogens with zero attached hydrogens (tertiary/aromatic N) is 4. The standard InChI is InChI=1S/C11H10N4/c1-2-11-13-5-6-15(11)10-4-3-9(7-12)14-8-10/h3-6,8H,2H2,1H3. The zero-order valence-electron chi connectivity index (χ0n) is 8.38. The molecule has 0 N–H and O–H groups in total. The molecule has 0 saturated heterocycles. The Labute approximate surface area is 87.8 Å². The van der Waals surface area contributed by atoms with Crippen molar-refractivity contribution in [3.05, 3.63) is 42.2 Å². The van der Waals surface area contributed by atoms with Crippen molar-refractivity contribution in [1.82, 2.24) is 14.5 Å². The van der Waals surface area contributed by atoms with Crippen LogP contribution in [0.4, 0.5) is 0 Å². The highest BCUT2D eigenvalue weighted by Gasteiger charge is 2.02. The van der Waals surface area contributed by atoms with Gasteiger partial charge in [0.25, 0.3) is 0 Å². The highest BCUT2D eigenvalue weighted by atomic mass is 15.1. The molecule has 0 atom stereocenters. The predicted molar refractivity (Wildman–Crippen MR) is 55.5 cm³/mol. The maximum Gasteiger partial charge on any atom is 0.140 e. The molecule has 0 unspecified atom stereocenters. The van der Waals surface area contributed by atoms with Gasteiger partial charge in [-0.15, -0.1) is 0 Å². The Balaban J connectivity index is 2.42. The van der Waals surface area contributed by atoms with Gasteiger partial charge < -0.3 is 4.57 Å². The first-order chi connectivity index (χ1) is 7.35. The summed E-state index contributed by atoms with van der Waals surface area (Å²) in [5, 5.41) is 8.63. The number of aryl methyl sites for hydroxylation is 1. The fourth-order valence-corrected chi connectivity index (χ4v) is 1.43. The quantitative estimate of drug-likeness (QED) is 0.738. The van der Waals surface area contributed by atoms with Gasteiger partial charge in [0, 0.05) is 18.8 Å². The molecule has 0 aliphatic rings. The van der Waals surface area contributed by atoms with Gasteiger partial charge in [-0.05, 0) is 12.1 Å². The molecule has 2 rings (SSSR count). The Kier molecular flexibility index (Phi) is 2.46. The van der Waals surface area contributed by atoms with Gasteiger partial charge in [-0.25, -0.2) is 9.97 Å². The van der Waals surface area contributed by atoms with Crippen molar-refractivity contribution in [3.8, 4) is 11.8 Å². The summed E-state index contributed by atoms with van der Waals surface area (Å²) in [4.78, 5) is 8.24. The number of imidazole rings is 1. The van der Waals surface area contributed by atoms with Gasteiger partial charge in [-0.2, -0.15) is 5.26 Å². The fourth-order valence-electron chi connectivity index (χ4n) is 1.43. The van der Waals surface area contributed by atoms with Crippen molar-refractivity contribution in [2.75, 3.05) is 0 Å². The van der Waals surface area contributed by atoms with Gasteiger partial charge in [-0.1, -0.05) is 6.92 Å². The molecule has 0 amide bonds. The van der Waals surface area contributed by atoms with Gasteiger partial charge in [0.15, 0.2) is 0 Å². The maximum absolute atomic E-state index is 8.63. The lowest BCUT2D eigenvalue weighted by molar-refractivity contribution is 0.886. The van der Waals surface area contributed by atoms with Crippen molar-refractivity contribution in [3.63, 3.8) is 0 Å². The predicted octanol–water partition coefficient (Wildman–Crippen LogP) is 1.70. The molecule has 0 bridgehead atoms. The number of hydrogen-bond acceptors (Lipinski definition) is 3. The SMILES string of the molecule is CCc1nccn1-c1ccc(C#N)nc1. The van der Waals surface area contributed by atoms with Crippen LogP contribution in [0.1, 0.15) is 18.4 Å². The molecule has 0 aliphatic carbocycles. The number of pyridine rings is 1. The average molecular weight is 198 g/mol. The van der Waals surface area contributed by atoms with Gasteiger partial charge >= 0.3 is 0 Å². The molecule has 0 radical (unpaired) electrons.